The molecule has 1 aliphatic heterocycles. The highest BCUT2D eigenvalue weighted by atomic mass is 16.6. The van der Waals surface area contributed by atoms with Gasteiger partial charge in [-0.3, -0.25) is 0 Å². The third-order valence-corrected chi connectivity index (χ3v) is 6.92. The molecule has 0 aromatic rings. The summed E-state index contributed by atoms with van der Waals surface area (Å²) >= 11 is 0. The Kier molecular flexibility index (Phi) is 5.57. The van der Waals surface area contributed by atoms with E-state index in [1.807, 2.05) is 6.08 Å². The zero-order valence-corrected chi connectivity index (χ0v) is 15.9. The van der Waals surface area contributed by atoms with E-state index in [1.165, 1.54) is 24.8 Å². The standard InChI is InChI=1S/C21H33NO3/c1-5-18-19-14(2)11-15(3)21(12-24-18,16(19)4)13-25-20(23)22-17-9-7-6-8-10-17/h5,11,15-19H,1,6-10,12-13H2,2-4H3,(H,22,23)/t15?,16-,18?,19?,21-/m1/s1. The Hall–Kier alpha value is -1.29. The number of hydrogen-bond acceptors (Lipinski definition) is 3. The van der Waals surface area contributed by atoms with Crippen LogP contribution in [-0.2, 0) is 9.47 Å². The number of ether oxygens (including phenoxy) is 2. The molecule has 140 valence electrons. The lowest BCUT2D eigenvalue weighted by Gasteiger charge is -2.54. The predicted molar refractivity (Wildman–Crippen MR) is 99.3 cm³/mol. The normalized spacial score (nSPS) is 38.6. The molecule has 3 aliphatic rings. The van der Waals surface area contributed by atoms with Crippen LogP contribution in [0.25, 0.3) is 0 Å². The van der Waals surface area contributed by atoms with Gasteiger partial charge in [0, 0.05) is 17.4 Å². The summed E-state index contributed by atoms with van der Waals surface area (Å²) in [4.78, 5) is 12.3. The van der Waals surface area contributed by atoms with Gasteiger partial charge in [0.25, 0.3) is 0 Å². The van der Waals surface area contributed by atoms with Gasteiger partial charge in [-0.1, -0.05) is 50.8 Å². The first-order valence-electron chi connectivity index (χ1n) is 9.83. The van der Waals surface area contributed by atoms with Crippen molar-refractivity contribution in [2.24, 2.45) is 23.2 Å². The number of rotatable bonds is 4. The molecule has 0 spiro atoms. The second-order valence-corrected chi connectivity index (χ2v) is 8.31. The van der Waals surface area contributed by atoms with E-state index >= 15 is 0 Å². The van der Waals surface area contributed by atoms with Crippen molar-refractivity contribution in [1.29, 1.82) is 0 Å². The van der Waals surface area contributed by atoms with Crippen molar-refractivity contribution in [1.82, 2.24) is 5.32 Å². The molecule has 4 heteroatoms. The molecule has 2 fully saturated rings. The number of alkyl carbamates (subject to hydrolysis) is 1. The molecule has 25 heavy (non-hydrogen) atoms. The van der Waals surface area contributed by atoms with Crippen molar-refractivity contribution in [3.63, 3.8) is 0 Å². The third kappa shape index (κ3) is 3.51. The Labute approximate surface area is 152 Å². The van der Waals surface area contributed by atoms with Crippen LogP contribution in [-0.4, -0.2) is 31.5 Å². The largest absolute Gasteiger partial charge is 0.449 e. The van der Waals surface area contributed by atoms with Gasteiger partial charge < -0.3 is 14.8 Å². The summed E-state index contributed by atoms with van der Waals surface area (Å²) in [5.41, 5.74) is 1.22. The molecule has 1 heterocycles. The molecule has 2 bridgehead atoms. The van der Waals surface area contributed by atoms with Gasteiger partial charge in [-0.2, -0.15) is 0 Å². The topological polar surface area (TPSA) is 47.6 Å². The van der Waals surface area contributed by atoms with E-state index in [9.17, 15) is 4.79 Å². The lowest BCUT2D eigenvalue weighted by atomic mass is 9.56. The minimum Gasteiger partial charge on any atom is -0.449 e. The molecular formula is C21H33NO3. The summed E-state index contributed by atoms with van der Waals surface area (Å²) in [6, 6.07) is 0.280. The number of carbonyl (C=O) groups is 1. The lowest BCUT2D eigenvalue weighted by Crippen LogP contribution is -2.56. The van der Waals surface area contributed by atoms with Crippen LogP contribution in [0.4, 0.5) is 4.79 Å². The highest BCUT2D eigenvalue weighted by Crippen LogP contribution is 2.52. The van der Waals surface area contributed by atoms with E-state index < -0.39 is 0 Å². The van der Waals surface area contributed by atoms with Crippen LogP contribution < -0.4 is 5.32 Å². The number of allylic oxidation sites excluding steroid dienone is 1. The molecule has 0 aromatic heterocycles. The van der Waals surface area contributed by atoms with Crippen LogP contribution in [0.15, 0.2) is 24.3 Å². The maximum Gasteiger partial charge on any atom is 0.407 e. The second kappa shape index (κ2) is 7.53. The predicted octanol–water partition coefficient (Wildman–Crippen LogP) is 4.46. The Morgan fingerprint density at radius 2 is 2.12 bits per heavy atom. The molecule has 5 atom stereocenters. The fourth-order valence-electron chi connectivity index (χ4n) is 5.17. The van der Waals surface area contributed by atoms with Crippen molar-refractivity contribution in [2.45, 2.75) is 65.0 Å². The Morgan fingerprint density at radius 3 is 2.80 bits per heavy atom. The summed E-state index contributed by atoms with van der Waals surface area (Å²) in [6.07, 6.45) is 9.86. The van der Waals surface area contributed by atoms with Gasteiger partial charge >= 0.3 is 6.09 Å². The van der Waals surface area contributed by atoms with E-state index in [0.717, 1.165) is 12.8 Å². The maximum atomic E-state index is 12.3. The summed E-state index contributed by atoms with van der Waals surface area (Å²) in [6.45, 7) is 11.6. The summed E-state index contributed by atoms with van der Waals surface area (Å²) < 4.78 is 11.8. The molecule has 1 amide bonds. The fraction of sp³-hybridized carbons (Fsp3) is 0.762. The molecule has 2 aliphatic carbocycles. The van der Waals surface area contributed by atoms with Crippen molar-refractivity contribution in [2.75, 3.05) is 13.2 Å². The molecule has 3 unspecified atom stereocenters. The average molecular weight is 347 g/mol. The number of carbonyl (C=O) groups excluding carboxylic acids is 1. The summed E-state index contributed by atoms with van der Waals surface area (Å²) in [5.74, 6) is 1.05. The first kappa shape index (κ1) is 18.5. The first-order chi connectivity index (χ1) is 12.0. The third-order valence-electron chi connectivity index (χ3n) is 6.92. The van der Waals surface area contributed by atoms with Crippen LogP contribution in [0.5, 0.6) is 0 Å². The maximum absolute atomic E-state index is 12.3. The highest BCUT2D eigenvalue weighted by molar-refractivity contribution is 5.67. The SMILES string of the molecule is C=CC1OC[C@@]2(COC(=O)NC3CCCCC3)C(C)C=C(C)C1[C@H]2C. The van der Waals surface area contributed by atoms with E-state index in [1.54, 1.807) is 0 Å². The van der Waals surface area contributed by atoms with Gasteiger partial charge in [0.2, 0.25) is 0 Å². The van der Waals surface area contributed by atoms with E-state index in [0.29, 0.717) is 31.0 Å². The van der Waals surface area contributed by atoms with E-state index in [2.05, 4.69) is 38.7 Å². The van der Waals surface area contributed by atoms with Crippen molar-refractivity contribution in [3.05, 3.63) is 24.3 Å². The van der Waals surface area contributed by atoms with Gasteiger partial charge in [0.05, 0.1) is 12.7 Å². The number of amides is 1. The van der Waals surface area contributed by atoms with Gasteiger partial charge in [-0.05, 0) is 31.6 Å². The molecule has 1 saturated carbocycles. The molecule has 0 radical (unpaired) electrons. The summed E-state index contributed by atoms with van der Waals surface area (Å²) in [7, 11) is 0. The Bertz CT molecular complexity index is 537. The zero-order valence-electron chi connectivity index (χ0n) is 15.9. The van der Waals surface area contributed by atoms with Gasteiger partial charge in [-0.15, -0.1) is 6.58 Å². The number of fused-ring (bicyclic) bond motifs is 2. The van der Waals surface area contributed by atoms with E-state index in [-0.39, 0.29) is 23.7 Å². The number of hydrogen-bond donors (Lipinski definition) is 1. The van der Waals surface area contributed by atoms with E-state index in [4.69, 9.17) is 9.47 Å². The van der Waals surface area contributed by atoms with Gasteiger partial charge in [0.15, 0.2) is 0 Å². The van der Waals surface area contributed by atoms with Crippen LogP contribution >= 0.6 is 0 Å². The fourth-order valence-corrected chi connectivity index (χ4v) is 5.17. The van der Waals surface area contributed by atoms with Gasteiger partial charge in [0.1, 0.15) is 6.61 Å². The molecule has 1 saturated heterocycles. The van der Waals surface area contributed by atoms with Crippen LogP contribution in [0.2, 0.25) is 0 Å². The van der Waals surface area contributed by atoms with Crippen LogP contribution in [0, 0.1) is 23.2 Å². The minimum absolute atomic E-state index is 0.0583. The zero-order chi connectivity index (χ0) is 18.0. The Morgan fingerprint density at radius 1 is 1.40 bits per heavy atom. The quantitative estimate of drug-likeness (QED) is 0.764. The molecule has 0 aromatic carbocycles. The molecular weight excluding hydrogens is 314 g/mol. The highest BCUT2D eigenvalue weighted by Gasteiger charge is 2.53. The average Bonchev–Trinajstić information content (AvgIpc) is 2.59. The van der Waals surface area contributed by atoms with Gasteiger partial charge in [-0.25, -0.2) is 4.79 Å². The Balaban J connectivity index is 1.66. The smallest absolute Gasteiger partial charge is 0.407 e. The van der Waals surface area contributed by atoms with Crippen LogP contribution in [0.3, 0.4) is 0 Å². The van der Waals surface area contributed by atoms with Crippen LogP contribution in [0.1, 0.15) is 52.9 Å². The number of nitrogens with one attached hydrogen (secondary N) is 1. The van der Waals surface area contributed by atoms with Crippen molar-refractivity contribution >= 4 is 6.09 Å². The summed E-state index contributed by atoms with van der Waals surface area (Å²) in [5, 5.41) is 3.05. The first-order valence-corrected chi connectivity index (χ1v) is 9.83. The monoisotopic (exact) mass is 347 g/mol. The van der Waals surface area contributed by atoms with Crippen molar-refractivity contribution < 1.29 is 14.3 Å². The second-order valence-electron chi connectivity index (χ2n) is 8.31. The molecule has 1 N–H and O–H groups in total. The lowest BCUT2D eigenvalue weighted by molar-refractivity contribution is -0.149. The molecule has 3 rings (SSSR count). The van der Waals surface area contributed by atoms with Crippen molar-refractivity contribution in [3.8, 4) is 0 Å². The minimum atomic E-state index is -0.269. The molecule has 4 nitrogen and oxygen atoms in total.